The third kappa shape index (κ3) is 5.69. The SMILES string of the molecule is Cl.NCCCOC1CCN(C(=O)c2ccc(NC(=O)C3CC3)cc2)CC1. The lowest BCUT2D eigenvalue weighted by Crippen LogP contribution is -2.41. The molecule has 1 aliphatic carbocycles. The summed E-state index contributed by atoms with van der Waals surface area (Å²) in [5.74, 6) is 0.297. The molecule has 2 amide bonds. The number of hydrogen-bond acceptors (Lipinski definition) is 4. The van der Waals surface area contributed by atoms with Gasteiger partial charge < -0.3 is 20.7 Å². The molecule has 3 N–H and O–H groups in total. The Hall–Kier alpha value is -1.63. The van der Waals surface area contributed by atoms with Gasteiger partial charge in [-0.05, 0) is 62.9 Å². The van der Waals surface area contributed by atoms with Gasteiger partial charge in [0.25, 0.3) is 5.91 Å². The van der Waals surface area contributed by atoms with Crippen LogP contribution in [-0.2, 0) is 9.53 Å². The Balaban J connectivity index is 0.00000243. The lowest BCUT2D eigenvalue weighted by molar-refractivity contribution is -0.117. The van der Waals surface area contributed by atoms with E-state index < -0.39 is 0 Å². The van der Waals surface area contributed by atoms with Crippen molar-refractivity contribution in [3.05, 3.63) is 29.8 Å². The highest BCUT2D eigenvalue weighted by atomic mass is 35.5. The van der Waals surface area contributed by atoms with E-state index in [9.17, 15) is 9.59 Å². The largest absolute Gasteiger partial charge is 0.378 e. The Morgan fingerprint density at radius 1 is 1.12 bits per heavy atom. The van der Waals surface area contributed by atoms with Crippen LogP contribution in [0, 0.1) is 5.92 Å². The summed E-state index contributed by atoms with van der Waals surface area (Å²) in [4.78, 5) is 26.2. The average molecular weight is 382 g/mol. The van der Waals surface area contributed by atoms with Gasteiger partial charge in [0.2, 0.25) is 5.91 Å². The molecule has 1 saturated heterocycles. The number of piperidine rings is 1. The lowest BCUT2D eigenvalue weighted by Gasteiger charge is -2.32. The number of halogens is 1. The second-order valence-electron chi connectivity index (χ2n) is 6.85. The van der Waals surface area contributed by atoms with Crippen molar-refractivity contribution in [1.82, 2.24) is 4.90 Å². The molecule has 1 aliphatic heterocycles. The van der Waals surface area contributed by atoms with Gasteiger partial charge in [0, 0.05) is 36.9 Å². The van der Waals surface area contributed by atoms with Crippen molar-refractivity contribution in [1.29, 1.82) is 0 Å². The molecule has 1 aromatic carbocycles. The molecule has 0 unspecified atom stereocenters. The maximum atomic E-state index is 12.6. The van der Waals surface area contributed by atoms with E-state index in [1.54, 1.807) is 24.3 Å². The zero-order chi connectivity index (χ0) is 17.6. The van der Waals surface area contributed by atoms with E-state index in [0.29, 0.717) is 31.8 Å². The predicted octanol–water partition coefficient (Wildman–Crippen LogP) is 2.43. The second kappa shape index (κ2) is 9.90. The number of carbonyl (C=O) groups is 2. The van der Waals surface area contributed by atoms with E-state index >= 15 is 0 Å². The maximum Gasteiger partial charge on any atom is 0.253 e. The van der Waals surface area contributed by atoms with E-state index in [2.05, 4.69) is 5.32 Å². The van der Waals surface area contributed by atoms with Crippen LogP contribution in [0.1, 0.15) is 42.5 Å². The van der Waals surface area contributed by atoms with Gasteiger partial charge in [-0.1, -0.05) is 0 Å². The van der Waals surface area contributed by atoms with Crippen molar-refractivity contribution in [3.8, 4) is 0 Å². The molecule has 0 bridgehead atoms. The van der Waals surface area contributed by atoms with E-state index in [0.717, 1.165) is 37.8 Å². The molecule has 0 aromatic heterocycles. The smallest absolute Gasteiger partial charge is 0.253 e. The Bertz CT molecular complexity index is 597. The fraction of sp³-hybridized carbons (Fsp3) is 0.579. The average Bonchev–Trinajstić information content (AvgIpc) is 3.48. The molecule has 1 heterocycles. The number of carbonyl (C=O) groups excluding carboxylic acids is 2. The van der Waals surface area contributed by atoms with Crippen LogP contribution in [0.2, 0.25) is 0 Å². The Kier molecular flexibility index (Phi) is 7.87. The first-order valence-electron chi connectivity index (χ1n) is 9.19. The number of hydrogen-bond donors (Lipinski definition) is 2. The first-order chi connectivity index (χ1) is 12.2. The molecule has 3 rings (SSSR count). The minimum absolute atomic E-state index is 0. The third-order valence-corrected chi connectivity index (χ3v) is 4.78. The summed E-state index contributed by atoms with van der Waals surface area (Å²) in [6.07, 6.45) is 4.80. The molecule has 26 heavy (non-hydrogen) atoms. The van der Waals surface area contributed by atoms with E-state index in [1.807, 2.05) is 4.90 Å². The summed E-state index contributed by atoms with van der Waals surface area (Å²) in [7, 11) is 0. The van der Waals surface area contributed by atoms with Gasteiger partial charge in [0.05, 0.1) is 6.10 Å². The van der Waals surface area contributed by atoms with Gasteiger partial charge in [-0.25, -0.2) is 0 Å². The van der Waals surface area contributed by atoms with Crippen molar-refractivity contribution in [2.24, 2.45) is 11.7 Å². The minimum Gasteiger partial charge on any atom is -0.378 e. The second-order valence-corrected chi connectivity index (χ2v) is 6.85. The summed E-state index contributed by atoms with van der Waals surface area (Å²) in [5.41, 5.74) is 6.88. The molecule has 7 heteroatoms. The van der Waals surface area contributed by atoms with Crippen molar-refractivity contribution >= 4 is 29.9 Å². The normalized spacial score (nSPS) is 17.5. The number of amides is 2. The van der Waals surface area contributed by atoms with Gasteiger partial charge in [0.15, 0.2) is 0 Å². The topological polar surface area (TPSA) is 84.7 Å². The van der Waals surface area contributed by atoms with Crippen LogP contribution < -0.4 is 11.1 Å². The van der Waals surface area contributed by atoms with Gasteiger partial charge >= 0.3 is 0 Å². The van der Waals surface area contributed by atoms with Crippen molar-refractivity contribution < 1.29 is 14.3 Å². The van der Waals surface area contributed by atoms with E-state index in [1.165, 1.54) is 0 Å². The Morgan fingerprint density at radius 2 is 1.77 bits per heavy atom. The first-order valence-corrected chi connectivity index (χ1v) is 9.19. The quantitative estimate of drug-likeness (QED) is 0.710. The summed E-state index contributed by atoms with van der Waals surface area (Å²) >= 11 is 0. The summed E-state index contributed by atoms with van der Waals surface area (Å²) in [6.45, 7) is 2.77. The molecular weight excluding hydrogens is 354 g/mol. The van der Waals surface area contributed by atoms with Crippen LogP contribution >= 0.6 is 12.4 Å². The molecule has 2 aliphatic rings. The van der Waals surface area contributed by atoms with Gasteiger partial charge in [-0.3, -0.25) is 9.59 Å². The summed E-state index contributed by atoms with van der Waals surface area (Å²) in [5, 5.41) is 2.89. The standard InChI is InChI=1S/C19H27N3O3.ClH/c20-10-1-13-25-17-8-11-22(12-9-17)19(24)15-4-6-16(7-5-15)21-18(23)14-2-3-14;/h4-7,14,17H,1-3,8-13,20H2,(H,21,23);1H. The number of anilines is 1. The predicted molar refractivity (Wildman–Crippen MR) is 104 cm³/mol. The monoisotopic (exact) mass is 381 g/mol. The highest BCUT2D eigenvalue weighted by molar-refractivity contribution is 5.96. The molecule has 144 valence electrons. The highest BCUT2D eigenvalue weighted by Crippen LogP contribution is 2.30. The molecule has 2 fully saturated rings. The number of nitrogens with zero attached hydrogens (tertiary/aromatic N) is 1. The molecule has 1 saturated carbocycles. The zero-order valence-corrected chi connectivity index (χ0v) is 15.8. The number of rotatable bonds is 7. The third-order valence-electron chi connectivity index (χ3n) is 4.78. The van der Waals surface area contributed by atoms with Crippen LogP contribution in [0.3, 0.4) is 0 Å². The van der Waals surface area contributed by atoms with Crippen LogP contribution in [0.25, 0.3) is 0 Å². The number of benzene rings is 1. The Morgan fingerprint density at radius 3 is 2.35 bits per heavy atom. The van der Waals surface area contributed by atoms with Crippen molar-refractivity contribution in [3.63, 3.8) is 0 Å². The van der Waals surface area contributed by atoms with Crippen LogP contribution in [-0.4, -0.2) is 49.1 Å². The highest BCUT2D eigenvalue weighted by Gasteiger charge is 2.29. The van der Waals surface area contributed by atoms with Crippen molar-refractivity contribution in [2.45, 2.75) is 38.2 Å². The maximum absolute atomic E-state index is 12.6. The fourth-order valence-electron chi connectivity index (χ4n) is 3.03. The molecule has 0 spiro atoms. The number of nitrogens with one attached hydrogen (secondary N) is 1. The van der Waals surface area contributed by atoms with E-state index in [-0.39, 0.29) is 36.2 Å². The molecule has 1 aromatic rings. The Labute approximate surface area is 160 Å². The van der Waals surface area contributed by atoms with Gasteiger partial charge in [-0.2, -0.15) is 0 Å². The molecular formula is C19H28ClN3O3. The zero-order valence-electron chi connectivity index (χ0n) is 15.0. The summed E-state index contributed by atoms with van der Waals surface area (Å²) in [6, 6.07) is 7.18. The number of ether oxygens (including phenoxy) is 1. The van der Waals surface area contributed by atoms with Crippen LogP contribution in [0.15, 0.2) is 24.3 Å². The molecule has 0 radical (unpaired) electrons. The van der Waals surface area contributed by atoms with Gasteiger partial charge in [0.1, 0.15) is 0 Å². The number of likely N-dealkylation sites (tertiary alicyclic amines) is 1. The van der Waals surface area contributed by atoms with Crippen LogP contribution in [0.5, 0.6) is 0 Å². The van der Waals surface area contributed by atoms with Gasteiger partial charge in [-0.15, -0.1) is 12.4 Å². The van der Waals surface area contributed by atoms with Crippen molar-refractivity contribution in [2.75, 3.05) is 31.6 Å². The lowest BCUT2D eigenvalue weighted by atomic mass is 10.1. The first kappa shape index (κ1) is 20.7. The molecule has 0 atom stereocenters. The van der Waals surface area contributed by atoms with Crippen LogP contribution in [0.4, 0.5) is 5.69 Å². The minimum atomic E-state index is 0. The van der Waals surface area contributed by atoms with E-state index in [4.69, 9.17) is 10.5 Å². The summed E-state index contributed by atoms with van der Waals surface area (Å²) < 4.78 is 5.78. The fourth-order valence-corrected chi connectivity index (χ4v) is 3.03. The molecule has 6 nitrogen and oxygen atoms in total. The number of nitrogens with two attached hydrogens (primary N) is 1.